The zero-order valence-corrected chi connectivity index (χ0v) is 15.4. The molecular formula is C20H23NO7. The van der Waals surface area contributed by atoms with Gasteiger partial charge < -0.3 is 29.7 Å². The Bertz CT molecular complexity index is 766. The van der Waals surface area contributed by atoms with Crippen molar-refractivity contribution in [2.45, 2.75) is 18.8 Å². The first-order chi connectivity index (χ1) is 13.5. The lowest BCUT2D eigenvalue weighted by Crippen LogP contribution is -2.36. The molecule has 2 unspecified atom stereocenters. The Balaban J connectivity index is 1.85. The molecule has 28 heavy (non-hydrogen) atoms. The van der Waals surface area contributed by atoms with Crippen LogP contribution in [0.2, 0.25) is 0 Å². The number of hydrogen-bond acceptors (Lipinski definition) is 7. The normalized spacial score (nSPS) is 12.5. The number of para-hydroxylation sites is 1. The lowest BCUT2D eigenvalue weighted by atomic mass is 10.0. The number of rotatable bonds is 9. The van der Waals surface area contributed by atoms with E-state index in [9.17, 15) is 19.8 Å². The molecule has 0 saturated carbocycles. The van der Waals surface area contributed by atoms with Gasteiger partial charge in [0.2, 0.25) is 0 Å². The van der Waals surface area contributed by atoms with Crippen molar-refractivity contribution in [1.82, 2.24) is 5.32 Å². The zero-order chi connectivity index (χ0) is 20.4. The van der Waals surface area contributed by atoms with Crippen molar-refractivity contribution < 1.29 is 34.0 Å². The number of aliphatic hydroxyl groups excluding tert-OH is 2. The van der Waals surface area contributed by atoms with E-state index < -0.39 is 24.3 Å². The van der Waals surface area contributed by atoms with Gasteiger partial charge >= 0.3 is 12.1 Å². The Kier molecular flexibility index (Phi) is 8.26. The third-order valence-electron chi connectivity index (χ3n) is 3.84. The molecule has 1 amide bonds. The highest BCUT2D eigenvalue weighted by Gasteiger charge is 2.23. The van der Waals surface area contributed by atoms with Gasteiger partial charge in [-0.05, 0) is 11.6 Å². The van der Waals surface area contributed by atoms with Gasteiger partial charge in [-0.3, -0.25) is 0 Å². The van der Waals surface area contributed by atoms with Gasteiger partial charge in [-0.25, -0.2) is 9.59 Å². The predicted octanol–water partition coefficient (Wildman–Crippen LogP) is 1.56. The SMILES string of the molecule is COC(=O)COc1ccccc1C(O)C(O)CNC(=O)OCc1ccccc1. The average molecular weight is 389 g/mol. The van der Waals surface area contributed by atoms with Crippen molar-refractivity contribution in [3.05, 3.63) is 65.7 Å². The maximum absolute atomic E-state index is 11.8. The molecule has 3 N–H and O–H groups in total. The van der Waals surface area contributed by atoms with Crippen molar-refractivity contribution >= 4 is 12.1 Å². The minimum absolute atomic E-state index is 0.0928. The maximum atomic E-state index is 11.8. The molecule has 2 atom stereocenters. The van der Waals surface area contributed by atoms with Gasteiger partial charge in [0.1, 0.15) is 24.6 Å². The summed E-state index contributed by atoms with van der Waals surface area (Å²) in [4.78, 5) is 23.0. The number of benzene rings is 2. The number of carbonyl (C=O) groups is 2. The van der Waals surface area contributed by atoms with Gasteiger partial charge in [0, 0.05) is 12.1 Å². The Labute approximate surface area is 162 Å². The van der Waals surface area contributed by atoms with E-state index in [-0.39, 0.29) is 31.1 Å². The van der Waals surface area contributed by atoms with Crippen LogP contribution in [0.3, 0.4) is 0 Å². The van der Waals surface area contributed by atoms with Crippen molar-refractivity contribution in [3.8, 4) is 5.75 Å². The second-order valence-corrected chi connectivity index (χ2v) is 5.86. The number of carbonyl (C=O) groups excluding carboxylic acids is 2. The summed E-state index contributed by atoms with van der Waals surface area (Å²) in [6.45, 7) is -0.476. The summed E-state index contributed by atoms with van der Waals surface area (Å²) in [7, 11) is 1.23. The minimum atomic E-state index is -1.34. The highest BCUT2D eigenvalue weighted by Crippen LogP contribution is 2.27. The monoisotopic (exact) mass is 389 g/mol. The molecule has 0 bridgehead atoms. The number of amides is 1. The molecule has 0 radical (unpaired) electrons. The number of nitrogens with one attached hydrogen (secondary N) is 1. The van der Waals surface area contributed by atoms with Crippen LogP contribution < -0.4 is 10.1 Å². The number of alkyl carbamates (subject to hydrolysis) is 1. The van der Waals surface area contributed by atoms with E-state index in [1.165, 1.54) is 7.11 Å². The van der Waals surface area contributed by atoms with Crippen LogP contribution in [0.25, 0.3) is 0 Å². The molecule has 2 aromatic rings. The Hall–Kier alpha value is -3.10. The fourth-order valence-corrected chi connectivity index (χ4v) is 2.33. The zero-order valence-electron chi connectivity index (χ0n) is 15.4. The van der Waals surface area contributed by atoms with E-state index >= 15 is 0 Å². The van der Waals surface area contributed by atoms with Gasteiger partial charge in [-0.2, -0.15) is 0 Å². The third-order valence-corrected chi connectivity index (χ3v) is 3.84. The van der Waals surface area contributed by atoms with Crippen LogP contribution in [0.5, 0.6) is 5.75 Å². The second-order valence-electron chi connectivity index (χ2n) is 5.86. The Morgan fingerprint density at radius 2 is 1.71 bits per heavy atom. The molecule has 0 aliphatic carbocycles. The van der Waals surface area contributed by atoms with Crippen molar-refractivity contribution in [2.24, 2.45) is 0 Å². The van der Waals surface area contributed by atoms with Crippen LogP contribution in [0, 0.1) is 0 Å². The lowest BCUT2D eigenvalue weighted by Gasteiger charge is -2.21. The number of hydrogen-bond donors (Lipinski definition) is 3. The first-order valence-corrected chi connectivity index (χ1v) is 8.60. The molecule has 0 heterocycles. The van der Waals surface area contributed by atoms with Gasteiger partial charge in [0.25, 0.3) is 0 Å². The summed E-state index contributed by atoms with van der Waals surface area (Å²) in [5.74, 6) is -0.348. The molecule has 150 valence electrons. The van der Waals surface area contributed by atoms with E-state index in [1.54, 1.807) is 24.3 Å². The maximum Gasteiger partial charge on any atom is 0.407 e. The number of esters is 1. The lowest BCUT2D eigenvalue weighted by molar-refractivity contribution is -0.142. The summed E-state index contributed by atoms with van der Waals surface area (Å²) >= 11 is 0. The second kappa shape index (κ2) is 10.9. The van der Waals surface area contributed by atoms with Crippen LogP contribution in [-0.4, -0.2) is 48.6 Å². The van der Waals surface area contributed by atoms with E-state index in [0.29, 0.717) is 0 Å². The summed E-state index contributed by atoms with van der Waals surface area (Å²) in [5.41, 5.74) is 1.10. The Morgan fingerprint density at radius 3 is 2.43 bits per heavy atom. The molecule has 2 aromatic carbocycles. The predicted molar refractivity (Wildman–Crippen MR) is 99.5 cm³/mol. The van der Waals surface area contributed by atoms with Crippen LogP contribution in [0.15, 0.2) is 54.6 Å². The number of methoxy groups -OCH3 is 1. The molecule has 0 aliphatic rings. The highest BCUT2D eigenvalue weighted by molar-refractivity contribution is 5.71. The van der Waals surface area contributed by atoms with Gasteiger partial charge in [0.15, 0.2) is 6.61 Å². The fraction of sp³-hybridized carbons (Fsp3) is 0.300. The molecule has 2 rings (SSSR count). The average Bonchev–Trinajstić information content (AvgIpc) is 2.74. The van der Waals surface area contributed by atoms with Crippen LogP contribution in [0.4, 0.5) is 4.79 Å². The molecular weight excluding hydrogens is 366 g/mol. The van der Waals surface area contributed by atoms with Gasteiger partial charge in [0.05, 0.1) is 7.11 Å². The van der Waals surface area contributed by atoms with Crippen molar-refractivity contribution in [1.29, 1.82) is 0 Å². The summed E-state index contributed by atoms with van der Waals surface area (Å²) < 4.78 is 14.9. The molecule has 8 nitrogen and oxygen atoms in total. The van der Waals surface area contributed by atoms with Crippen LogP contribution >= 0.6 is 0 Å². The minimum Gasteiger partial charge on any atom is -0.482 e. The smallest absolute Gasteiger partial charge is 0.407 e. The Morgan fingerprint density at radius 1 is 1.04 bits per heavy atom. The molecule has 8 heteroatoms. The molecule has 0 fully saturated rings. The number of aliphatic hydroxyl groups is 2. The molecule has 0 spiro atoms. The molecule has 0 aromatic heterocycles. The third kappa shape index (κ3) is 6.57. The quantitative estimate of drug-likeness (QED) is 0.558. The summed E-state index contributed by atoms with van der Waals surface area (Å²) in [6, 6.07) is 15.6. The first-order valence-electron chi connectivity index (χ1n) is 8.60. The molecule has 0 aliphatic heterocycles. The van der Waals surface area contributed by atoms with E-state index in [2.05, 4.69) is 10.1 Å². The van der Waals surface area contributed by atoms with Gasteiger partial charge in [-0.1, -0.05) is 48.5 Å². The van der Waals surface area contributed by atoms with Gasteiger partial charge in [-0.15, -0.1) is 0 Å². The van der Waals surface area contributed by atoms with E-state index in [0.717, 1.165) is 5.56 Å². The first kappa shape index (κ1) is 21.2. The topological polar surface area (TPSA) is 114 Å². The number of ether oxygens (including phenoxy) is 3. The van der Waals surface area contributed by atoms with E-state index in [1.807, 2.05) is 30.3 Å². The fourth-order valence-electron chi connectivity index (χ4n) is 2.33. The van der Waals surface area contributed by atoms with Crippen molar-refractivity contribution in [2.75, 3.05) is 20.3 Å². The largest absolute Gasteiger partial charge is 0.482 e. The summed E-state index contributed by atoms with van der Waals surface area (Å²) in [6.07, 6.45) is -3.37. The van der Waals surface area contributed by atoms with Crippen LogP contribution in [-0.2, 0) is 20.9 Å². The molecule has 0 saturated heterocycles. The standard InChI is InChI=1S/C20H23NO7/c1-26-18(23)13-27-17-10-6-5-9-15(17)19(24)16(22)11-21-20(25)28-12-14-7-3-2-4-8-14/h2-10,16,19,22,24H,11-13H2,1H3,(H,21,25). The van der Waals surface area contributed by atoms with E-state index in [4.69, 9.17) is 9.47 Å². The van der Waals surface area contributed by atoms with Crippen molar-refractivity contribution in [3.63, 3.8) is 0 Å². The highest BCUT2D eigenvalue weighted by atomic mass is 16.6. The van der Waals surface area contributed by atoms with Crippen LogP contribution in [0.1, 0.15) is 17.2 Å². The summed E-state index contributed by atoms with van der Waals surface area (Å²) in [5, 5.41) is 23.0.